The average Bonchev–Trinajstić information content (AvgIpc) is 2.91. The fourth-order valence-corrected chi connectivity index (χ4v) is 3.37. The van der Waals surface area contributed by atoms with Gasteiger partial charge in [-0.25, -0.2) is 4.98 Å². The van der Waals surface area contributed by atoms with E-state index in [1.165, 1.54) is 11.3 Å². The third-order valence-corrected chi connectivity index (χ3v) is 4.98. The Kier molecular flexibility index (Phi) is 5.57. The minimum Gasteiger partial charge on any atom is -0.480 e. The van der Waals surface area contributed by atoms with Gasteiger partial charge < -0.3 is 10.4 Å². The summed E-state index contributed by atoms with van der Waals surface area (Å²) in [6.45, 7) is 3.87. The number of aryl methyl sites for hydroxylation is 1. The van der Waals surface area contributed by atoms with Gasteiger partial charge in [-0.1, -0.05) is 12.1 Å². The molecule has 2 N–H and O–H groups in total. The van der Waals surface area contributed by atoms with E-state index >= 15 is 0 Å². The van der Waals surface area contributed by atoms with Crippen LogP contribution < -0.4 is 5.32 Å². The van der Waals surface area contributed by atoms with Crippen LogP contribution in [0, 0.1) is 6.92 Å². The Morgan fingerprint density at radius 3 is 2.77 bits per heavy atom. The van der Waals surface area contributed by atoms with Crippen molar-refractivity contribution in [2.24, 2.45) is 0 Å². The van der Waals surface area contributed by atoms with E-state index in [1.54, 1.807) is 31.2 Å². The highest BCUT2D eigenvalue weighted by Crippen LogP contribution is 2.27. The predicted octanol–water partition coefficient (Wildman–Crippen LogP) is 2.95. The maximum atomic E-state index is 12.3. The highest BCUT2D eigenvalue weighted by molar-refractivity contribution is 8.00. The molecular weight excluding hydrogens is 320 g/mol. The number of carbonyl (C=O) groups is 2. The number of carboxylic acid groups (broad SMARTS) is 1. The normalized spacial score (nSPS) is 11.9. The Morgan fingerprint density at radius 1 is 1.41 bits per heavy atom. The van der Waals surface area contributed by atoms with Crippen LogP contribution in [0.25, 0.3) is 0 Å². The van der Waals surface area contributed by atoms with E-state index in [0.29, 0.717) is 17.0 Å². The highest BCUT2D eigenvalue weighted by Gasteiger charge is 2.17. The fourth-order valence-electron chi connectivity index (χ4n) is 1.73. The number of carboxylic acids is 1. The maximum Gasteiger partial charge on any atom is 0.316 e. The smallest absolute Gasteiger partial charge is 0.316 e. The van der Waals surface area contributed by atoms with E-state index < -0.39 is 11.2 Å². The lowest BCUT2D eigenvalue weighted by atomic mass is 10.2. The van der Waals surface area contributed by atoms with E-state index in [0.717, 1.165) is 22.5 Å². The zero-order valence-corrected chi connectivity index (χ0v) is 13.8. The molecule has 1 atom stereocenters. The predicted molar refractivity (Wildman–Crippen MR) is 87.4 cm³/mol. The minimum atomic E-state index is -0.904. The van der Waals surface area contributed by atoms with Crippen molar-refractivity contribution in [1.29, 1.82) is 0 Å². The largest absolute Gasteiger partial charge is 0.480 e. The molecule has 2 aromatic rings. The molecule has 0 aliphatic carbocycles. The molecule has 5 nitrogen and oxygen atoms in total. The van der Waals surface area contributed by atoms with Crippen molar-refractivity contribution in [2.45, 2.75) is 30.5 Å². The van der Waals surface area contributed by atoms with Crippen molar-refractivity contribution in [1.82, 2.24) is 10.3 Å². The maximum absolute atomic E-state index is 12.3. The van der Waals surface area contributed by atoms with Crippen LogP contribution in [0.3, 0.4) is 0 Å². The molecule has 0 saturated carbocycles. The summed E-state index contributed by atoms with van der Waals surface area (Å²) in [5, 5.41) is 14.0. The zero-order chi connectivity index (χ0) is 16.1. The van der Waals surface area contributed by atoms with Crippen molar-refractivity contribution in [3.63, 3.8) is 0 Å². The van der Waals surface area contributed by atoms with Gasteiger partial charge in [0.15, 0.2) is 0 Å². The number of hydrogen-bond donors (Lipinski definition) is 2. The third-order valence-electron chi connectivity index (χ3n) is 2.85. The van der Waals surface area contributed by atoms with E-state index in [4.69, 9.17) is 5.11 Å². The molecule has 0 radical (unpaired) electrons. The second-order valence-electron chi connectivity index (χ2n) is 4.66. The number of hydrogen-bond acceptors (Lipinski definition) is 5. The molecule has 1 amide bonds. The van der Waals surface area contributed by atoms with Gasteiger partial charge in [-0.3, -0.25) is 9.59 Å². The van der Waals surface area contributed by atoms with Crippen LogP contribution >= 0.6 is 23.1 Å². The highest BCUT2D eigenvalue weighted by atomic mass is 32.2. The molecule has 0 fully saturated rings. The third kappa shape index (κ3) is 4.32. The molecule has 7 heteroatoms. The van der Waals surface area contributed by atoms with Gasteiger partial charge in [0.25, 0.3) is 5.91 Å². The first-order valence-corrected chi connectivity index (χ1v) is 8.41. The summed E-state index contributed by atoms with van der Waals surface area (Å²) in [5.41, 5.74) is 1.41. The molecule has 2 rings (SSSR count). The van der Waals surface area contributed by atoms with Crippen LogP contribution in [0.2, 0.25) is 0 Å². The number of nitrogens with one attached hydrogen (secondary N) is 1. The van der Waals surface area contributed by atoms with Crippen molar-refractivity contribution in [3.8, 4) is 0 Å². The number of thioether (sulfide) groups is 1. The Bertz CT molecular complexity index is 685. The molecule has 1 aromatic carbocycles. The van der Waals surface area contributed by atoms with Gasteiger partial charge in [-0.05, 0) is 26.0 Å². The first kappa shape index (κ1) is 16.5. The number of nitrogens with zero attached hydrogens (tertiary/aromatic N) is 1. The molecular formula is C15H16N2O3S2. The van der Waals surface area contributed by atoms with E-state index in [1.807, 2.05) is 12.3 Å². The molecule has 0 saturated heterocycles. The van der Waals surface area contributed by atoms with Crippen molar-refractivity contribution >= 4 is 35.0 Å². The second kappa shape index (κ2) is 7.42. The first-order valence-electron chi connectivity index (χ1n) is 6.65. The number of benzene rings is 1. The topological polar surface area (TPSA) is 79.3 Å². The summed E-state index contributed by atoms with van der Waals surface area (Å²) in [6, 6.07) is 7.00. The lowest BCUT2D eigenvalue weighted by Gasteiger charge is -2.11. The molecule has 0 bridgehead atoms. The quantitative estimate of drug-likeness (QED) is 0.793. The van der Waals surface area contributed by atoms with Crippen molar-refractivity contribution < 1.29 is 14.7 Å². The summed E-state index contributed by atoms with van der Waals surface area (Å²) in [4.78, 5) is 28.2. The summed E-state index contributed by atoms with van der Waals surface area (Å²) in [7, 11) is 0. The number of aliphatic carboxylic acids is 1. The molecule has 0 aliphatic rings. The van der Waals surface area contributed by atoms with Gasteiger partial charge in [0, 0.05) is 16.0 Å². The molecule has 22 heavy (non-hydrogen) atoms. The van der Waals surface area contributed by atoms with Crippen LogP contribution in [-0.2, 0) is 11.3 Å². The monoisotopic (exact) mass is 336 g/mol. The number of amides is 1. The molecule has 1 aromatic heterocycles. The van der Waals surface area contributed by atoms with Crippen molar-refractivity contribution in [2.75, 3.05) is 0 Å². The zero-order valence-electron chi connectivity index (χ0n) is 12.2. The number of thiazole rings is 1. The number of carbonyl (C=O) groups excluding carboxylic acids is 1. The molecule has 116 valence electrons. The number of aromatic nitrogens is 1. The van der Waals surface area contributed by atoms with Crippen molar-refractivity contribution in [3.05, 3.63) is 45.9 Å². The van der Waals surface area contributed by atoms with E-state index in [9.17, 15) is 9.59 Å². The fraction of sp³-hybridized carbons (Fsp3) is 0.267. The van der Waals surface area contributed by atoms with Gasteiger partial charge in [-0.2, -0.15) is 0 Å². The van der Waals surface area contributed by atoms with E-state index in [-0.39, 0.29) is 5.91 Å². The Balaban J connectivity index is 2.07. The van der Waals surface area contributed by atoms with Gasteiger partial charge in [-0.15, -0.1) is 23.1 Å². The van der Waals surface area contributed by atoms with Crippen LogP contribution in [-0.4, -0.2) is 27.2 Å². The van der Waals surface area contributed by atoms with Crippen LogP contribution in [0.1, 0.15) is 28.0 Å². The van der Waals surface area contributed by atoms with Gasteiger partial charge in [0.1, 0.15) is 10.3 Å². The molecule has 0 spiro atoms. The van der Waals surface area contributed by atoms with Gasteiger partial charge >= 0.3 is 5.97 Å². The second-order valence-corrected chi connectivity index (χ2v) is 6.99. The Hall–Kier alpha value is -1.86. The molecule has 1 heterocycles. The Morgan fingerprint density at radius 2 is 2.14 bits per heavy atom. The average molecular weight is 336 g/mol. The number of rotatable bonds is 6. The van der Waals surface area contributed by atoms with Crippen LogP contribution in [0.15, 0.2) is 34.5 Å². The van der Waals surface area contributed by atoms with Crippen LogP contribution in [0.4, 0.5) is 0 Å². The minimum absolute atomic E-state index is 0.228. The Labute approximate surface area is 136 Å². The molecule has 1 unspecified atom stereocenters. The van der Waals surface area contributed by atoms with Gasteiger partial charge in [0.2, 0.25) is 0 Å². The SMILES string of the molecule is Cc1csc(CNC(=O)c2ccccc2SC(C)C(=O)O)n1. The first-order chi connectivity index (χ1) is 10.5. The summed E-state index contributed by atoms with van der Waals surface area (Å²) >= 11 is 2.66. The lowest BCUT2D eigenvalue weighted by Crippen LogP contribution is -2.23. The summed E-state index contributed by atoms with van der Waals surface area (Å²) in [5.74, 6) is -1.13. The standard InChI is InChI=1S/C15H16N2O3S2/c1-9-8-21-13(17-9)7-16-14(18)11-5-3-4-6-12(11)22-10(2)15(19)20/h3-6,8,10H,7H2,1-2H3,(H,16,18)(H,19,20). The van der Waals surface area contributed by atoms with Crippen LogP contribution in [0.5, 0.6) is 0 Å². The lowest BCUT2D eigenvalue weighted by molar-refractivity contribution is -0.136. The van der Waals surface area contributed by atoms with Gasteiger partial charge in [0.05, 0.1) is 12.1 Å². The molecule has 0 aliphatic heterocycles. The van der Waals surface area contributed by atoms with E-state index in [2.05, 4.69) is 10.3 Å². The summed E-state index contributed by atoms with van der Waals surface area (Å²) in [6.07, 6.45) is 0. The summed E-state index contributed by atoms with van der Waals surface area (Å²) < 4.78 is 0.